The van der Waals surface area contributed by atoms with E-state index in [1.54, 1.807) is 0 Å². The Morgan fingerprint density at radius 3 is 1.19 bits per heavy atom. The van der Waals surface area contributed by atoms with Crippen molar-refractivity contribution in [2.24, 2.45) is 0 Å². The zero-order valence-electron chi connectivity index (χ0n) is 65.6. The third-order valence-corrected chi connectivity index (χ3v) is 23.3. The van der Waals surface area contributed by atoms with Crippen molar-refractivity contribution in [1.29, 1.82) is 0 Å². The molecule has 0 fully saturated rings. The second kappa shape index (κ2) is 25.5. The third kappa shape index (κ3) is 11.7. The molecule has 109 heavy (non-hydrogen) atoms. The molecule has 0 saturated heterocycles. The van der Waals surface area contributed by atoms with Gasteiger partial charge in [0.2, 0.25) is 0 Å². The molecule has 4 nitrogen and oxygen atoms in total. The molecule has 1 atom stereocenters. The van der Waals surface area contributed by atoms with Crippen molar-refractivity contribution in [1.82, 2.24) is 4.57 Å². The number of anilines is 6. The smallest absolute Gasteiger partial charge is 0.136 e. The van der Waals surface area contributed by atoms with E-state index in [1.807, 2.05) is 0 Å². The van der Waals surface area contributed by atoms with E-state index >= 15 is 0 Å². The molecule has 2 aliphatic rings. The van der Waals surface area contributed by atoms with Gasteiger partial charge in [-0.3, -0.25) is 0 Å². The number of hydrogen-bond acceptors (Lipinski definition) is 3. The first-order valence-corrected chi connectivity index (χ1v) is 39.0. The molecule has 0 saturated carbocycles. The Morgan fingerprint density at radius 1 is 0.266 bits per heavy atom. The molecule has 536 valence electrons. The normalized spacial score (nSPS) is 13.9. The van der Waals surface area contributed by atoms with Gasteiger partial charge in [-0.15, -0.1) is 0 Å². The summed E-state index contributed by atoms with van der Waals surface area (Å²) < 4.78 is 9.66. The third-order valence-electron chi connectivity index (χ3n) is 23.3. The number of furan rings is 1. The average Bonchev–Trinajstić information content (AvgIpc) is 1.60. The van der Waals surface area contributed by atoms with Crippen LogP contribution in [-0.4, -0.2) is 4.57 Å². The van der Waals surface area contributed by atoms with Crippen LogP contribution < -0.4 is 9.80 Å². The molecule has 4 heteroatoms. The standard InChI is InChI=1S/C105H95N3O/c1-101(2,3)73-53-71(54-74(59-73)102(4,5)6)69-50-52-86-84(57-69)95-80-51-49-70(72-55-75(103(7,8)9)60-76(56-72)104(10,11)12)58-87(80)108(99-82(65-35-21-16-22-36-65)63-90-96(93(99)67-39-25-18-26-40-67)79-45-31-33-47-85(79)106(90)78-43-29-20-30-44-78)89-62-77(105(13,14)15)61-88(98(89)95)107(86)100-83(66-37-23-17-24-38-66)64-92-97(81-46-32-34-48-91(81)109-92)94(100)68-41-27-19-28-42-68/h16-64,95H,1-15H3. The maximum atomic E-state index is 7.16. The van der Waals surface area contributed by atoms with Crippen molar-refractivity contribution < 1.29 is 4.42 Å². The molecule has 0 N–H and O–H groups in total. The summed E-state index contributed by atoms with van der Waals surface area (Å²) in [4.78, 5) is 5.50. The molecule has 1 unspecified atom stereocenters. The monoisotopic (exact) mass is 1410 g/mol. The Labute approximate surface area is 643 Å². The van der Waals surface area contributed by atoms with E-state index < -0.39 is 0 Å². The highest BCUT2D eigenvalue weighted by molar-refractivity contribution is 6.23. The molecule has 0 bridgehead atoms. The van der Waals surface area contributed by atoms with Gasteiger partial charge < -0.3 is 18.8 Å². The van der Waals surface area contributed by atoms with E-state index in [2.05, 4.69) is 415 Å². The van der Waals surface area contributed by atoms with Crippen LogP contribution >= 0.6 is 0 Å². The van der Waals surface area contributed by atoms with Gasteiger partial charge >= 0.3 is 0 Å². The van der Waals surface area contributed by atoms with Crippen LogP contribution in [-0.2, 0) is 27.1 Å². The van der Waals surface area contributed by atoms with Crippen molar-refractivity contribution in [3.05, 3.63) is 342 Å². The maximum Gasteiger partial charge on any atom is 0.136 e. The summed E-state index contributed by atoms with van der Waals surface area (Å²) in [5.41, 5.74) is 34.9. The number of rotatable bonds is 9. The highest BCUT2D eigenvalue weighted by atomic mass is 16.3. The van der Waals surface area contributed by atoms with Crippen LogP contribution in [0.25, 0.3) is 116 Å². The number of fused-ring (bicyclic) bond motifs is 10. The lowest BCUT2D eigenvalue weighted by Gasteiger charge is -2.47. The van der Waals surface area contributed by atoms with Gasteiger partial charge in [0, 0.05) is 61.0 Å². The first kappa shape index (κ1) is 69.0. The Morgan fingerprint density at radius 2 is 0.679 bits per heavy atom. The topological polar surface area (TPSA) is 24.6 Å². The number of nitrogens with zero attached hydrogens (tertiary/aromatic N) is 3. The summed E-state index contributed by atoms with van der Waals surface area (Å²) in [6, 6.07) is 114. The molecule has 16 aromatic rings. The lowest BCUT2D eigenvalue weighted by molar-refractivity contribution is 0.568. The highest BCUT2D eigenvalue weighted by Crippen LogP contribution is 2.66. The Bertz CT molecular complexity index is 6210. The number of aromatic nitrogens is 1. The first-order valence-electron chi connectivity index (χ1n) is 39.0. The Kier molecular flexibility index (Phi) is 16.1. The minimum Gasteiger partial charge on any atom is -0.456 e. The molecular formula is C105H95N3O. The van der Waals surface area contributed by atoms with E-state index in [0.29, 0.717) is 0 Å². The molecule has 0 aliphatic carbocycles. The molecule has 2 aromatic heterocycles. The van der Waals surface area contributed by atoms with E-state index in [1.165, 1.54) is 77.5 Å². The summed E-state index contributed by atoms with van der Waals surface area (Å²) in [6.45, 7) is 35.5. The van der Waals surface area contributed by atoms with Crippen molar-refractivity contribution in [2.75, 3.05) is 9.80 Å². The SMILES string of the molecule is CC(C)(C)c1cc(-c2ccc3c(c2)C2c4ccc(-c5cc(C(C)(C)C)cc(C(C)(C)C)c5)cc4N(c4c(-c5ccccc5)cc5c(c4-c4ccccc4)c4ccccc4n5-c4ccccc4)c4cc(C(C)(C)C)cc(c42)N3c2c(-c3ccccc3)cc3oc4ccccc4c3c2-c2ccccc2)cc(C(C)(C)C)c1. The Hall–Kier alpha value is -11.7. The summed E-state index contributed by atoms with van der Waals surface area (Å²) in [5, 5.41) is 4.54. The summed E-state index contributed by atoms with van der Waals surface area (Å²) in [5.74, 6) is -0.285. The Balaban J connectivity index is 1.07. The average molecular weight is 1410 g/mol. The van der Waals surface area contributed by atoms with Crippen LogP contribution in [0.5, 0.6) is 0 Å². The van der Waals surface area contributed by atoms with E-state index in [9.17, 15) is 0 Å². The van der Waals surface area contributed by atoms with E-state index in [-0.39, 0.29) is 33.0 Å². The fourth-order valence-electron chi connectivity index (χ4n) is 17.4. The number of benzene rings is 14. The molecule has 14 aromatic carbocycles. The van der Waals surface area contributed by atoms with Crippen LogP contribution in [0, 0.1) is 0 Å². The van der Waals surface area contributed by atoms with Gasteiger partial charge in [-0.2, -0.15) is 0 Å². The van der Waals surface area contributed by atoms with Crippen molar-refractivity contribution in [3.8, 4) is 72.4 Å². The minimum absolute atomic E-state index is 0.114. The second-order valence-electron chi connectivity index (χ2n) is 35.7. The quantitative estimate of drug-likeness (QED) is 0.144. The lowest BCUT2D eigenvalue weighted by atomic mass is 9.72. The molecule has 0 amide bonds. The van der Waals surface area contributed by atoms with Gasteiger partial charge in [-0.05, 0) is 177 Å². The van der Waals surface area contributed by atoms with Crippen LogP contribution in [0.2, 0.25) is 0 Å². The highest BCUT2D eigenvalue weighted by Gasteiger charge is 2.46. The van der Waals surface area contributed by atoms with Gasteiger partial charge in [-0.25, -0.2) is 0 Å². The van der Waals surface area contributed by atoms with Crippen LogP contribution in [0.3, 0.4) is 0 Å². The largest absolute Gasteiger partial charge is 0.456 e. The summed E-state index contributed by atoms with van der Waals surface area (Å²) in [6.07, 6.45) is 0. The van der Waals surface area contributed by atoms with Gasteiger partial charge in [0.05, 0.1) is 45.2 Å². The number of hydrogen-bond donors (Lipinski definition) is 0. The molecule has 18 rings (SSSR count). The molecule has 0 spiro atoms. The predicted molar refractivity (Wildman–Crippen MR) is 464 cm³/mol. The minimum atomic E-state index is -0.364. The van der Waals surface area contributed by atoms with Crippen LogP contribution in [0.15, 0.2) is 302 Å². The van der Waals surface area contributed by atoms with Crippen molar-refractivity contribution >= 4 is 77.9 Å². The fourth-order valence-corrected chi connectivity index (χ4v) is 17.4. The summed E-state index contributed by atoms with van der Waals surface area (Å²) >= 11 is 0. The molecular weight excluding hydrogens is 1320 g/mol. The van der Waals surface area contributed by atoms with Gasteiger partial charge in [0.25, 0.3) is 0 Å². The van der Waals surface area contributed by atoms with Gasteiger partial charge in [0.1, 0.15) is 11.2 Å². The zero-order valence-corrected chi connectivity index (χ0v) is 65.6. The van der Waals surface area contributed by atoms with Crippen molar-refractivity contribution in [3.63, 3.8) is 0 Å². The van der Waals surface area contributed by atoms with E-state index in [4.69, 9.17) is 4.42 Å². The number of para-hydroxylation sites is 3. The zero-order chi connectivity index (χ0) is 75.4. The lowest BCUT2D eigenvalue weighted by Crippen LogP contribution is -2.31. The maximum absolute atomic E-state index is 7.16. The predicted octanol–water partition coefficient (Wildman–Crippen LogP) is 29.9. The van der Waals surface area contributed by atoms with E-state index in [0.717, 1.165) is 117 Å². The summed E-state index contributed by atoms with van der Waals surface area (Å²) in [7, 11) is 0. The first-order chi connectivity index (χ1) is 52.2. The van der Waals surface area contributed by atoms with Crippen molar-refractivity contribution in [2.45, 2.75) is 137 Å². The van der Waals surface area contributed by atoms with Gasteiger partial charge in [-0.1, -0.05) is 334 Å². The van der Waals surface area contributed by atoms with Crippen LogP contribution in [0.4, 0.5) is 34.1 Å². The molecule has 4 heterocycles. The second-order valence-corrected chi connectivity index (χ2v) is 35.7. The molecule has 2 aliphatic heterocycles. The van der Waals surface area contributed by atoms with Gasteiger partial charge in [0.15, 0.2) is 0 Å². The molecule has 0 radical (unpaired) electrons. The van der Waals surface area contributed by atoms with Crippen LogP contribution in [0.1, 0.15) is 154 Å². The fraction of sp³-hybridized carbons (Fsp3) is 0.200.